The van der Waals surface area contributed by atoms with Crippen LogP contribution in [0.3, 0.4) is 0 Å². The maximum Gasteiger partial charge on any atom is 2.00 e. The first-order valence-electron chi connectivity index (χ1n) is 1.46. The van der Waals surface area contributed by atoms with Gasteiger partial charge in [0.2, 0.25) is 0 Å². The number of hydrogen-bond acceptors (Lipinski definition) is 8. The molecule has 0 unspecified atom stereocenters. The van der Waals surface area contributed by atoms with Gasteiger partial charge in [0.15, 0.2) is 52.1 Å². The second kappa shape index (κ2) is 23.5. The van der Waals surface area contributed by atoms with Crippen molar-refractivity contribution in [3.8, 4) is 0 Å². The van der Waals surface area contributed by atoms with Gasteiger partial charge in [-0.3, -0.25) is 0 Å². The molecule has 8 nitrogen and oxygen atoms in total. The van der Waals surface area contributed by atoms with E-state index in [9.17, 15) is 0 Å². The van der Waals surface area contributed by atoms with Crippen molar-refractivity contribution in [2.45, 2.75) is 0 Å². The van der Waals surface area contributed by atoms with E-state index in [0.717, 1.165) is 0 Å². The number of rotatable bonds is 0. The zero-order chi connectivity index (χ0) is 9.00. The molecular weight excluding hydrogens is 462 g/mol. The predicted molar refractivity (Wildman–Crippen MR) is 45.0 cm³/mol. The van der Waals surface area contributed by atoms with Gasteiger partial charge in [-0.1, -0.05) is 0 Å². The van der Waals surface area contributed by atoms with Crippen molar-refractivity contribution in [3.63, 3.8) is 0 Å². The van der Waals surface area contributed by atoms with Gasteiger partial charge in [-0.05, 0) is 0 Å². The predicted octanol–water partition coefficient (Wildman–Crippen LogP) is -9.21. The van der Waals surface area contributed by atoms with Gasteiger partial charge in [-0.15, -0.1) is 0 Å². The van der Waals surface area contributed by atoms with Crippen LogP contribution in [0.2, 0.25) is 0 Å². The van der Waals surface area contributed by atoms with E-state index >= 15 is 0 Å². The Morgan fingerprint density at radius 1 is 0.500 bits per heavy atom. The van der Waals surface area contributed by atoms with Crippen LogP contribution in [0.5, 0.6) is 0 Å². The molecule has 0 aromatic rings. The second-order valence-corrected chi connectivity index (χ2v) is 2.68. The SMILES string of the molecule is O=P([O-])([O-])[O-].O=P([O-])([O-])[O-].[AlH3].[AlH3].[AlH3].[Cu+2].[Cu+2].[Cu+2]. The van der Waals surface area contributed by atoms with E-state index in [0.29, 0.717) is 0 Å². The topological polar surface area (TPSA) is 172 Å². The molecule has 0 fully saturated rings. The van der Waals surface area contributed by atoms with Gasteiger partial charge in [-0.25, -0.2) is 0 Å². The van der Waals surface area contributed by atoms with Crippen LogP contribution in [0.1, 0.15) is 0 Å². The Morgan fingerprint density at radius 2 is 0.500 bits per heavy atom. The zero-order valence-corrected chi connectivity index (χ0v) is 9.68. The molecule has 0 aromatic heterocycles. The van der Waals surface area contributed by atoms with Crippen LogP contribution in [-0.2, 0) is 60.3 Å². The molecule has 0 atom stereocenters. The molecule has 0 aliphatic carbocycles. The van der Waals surface area contributed by atoms with Crippen molar-refractivity contribution in [2.24, 2.45) is 0 Å². The quantitative estimate of drug-likeness (QED) is 0.248. The Kier molecular flexibility index (Phi) is 74.2. The summed E-state index contributed by atoms with van der Waals surface area (Å²) in [5.74, 6) is 0. The third-order valence-electron chi connectivity index (χ3n) is 0. The Labute approximate surface area is 156 Å². The van der Waals surface area contributed by atoms with Crippen molar-refractivity contribution in [2.75, 3.05) is 0 Å². The molecule has 0 spiro atoms. The summed E-state index contributed by atoms with van der Waals surface area (Å²) in [6.45, 7) is 0. The van der Waals surface area contributed by atoms with Crippen molar-refractivity contribution in [1.82, 2.24) is 0 Å². The molecule has 0 rings (SSSR count). The van der Waals surface area contributed by atoms with Crippen LogP contribution in [0.4, 0.5) is 0 Å². The Balaban J connectivity index is -0.00000000970. The van der Waals surface area contributed by atoms with Gasteiger partial charge in [0.25, 0.3) is 0 Å². The van der Waals surface area contributed by atoms with E-state index in [1.54, 1.807) is 0 Å². The molecule has 0 saturated heterocycles. The normalized spacial score (nSPS) is 7.38. The van der Waals surface area contributed by atoms with Crippen molar-refractivity contribution in [3.05, 3.63) is 0 Å². The third kappa shape index (κ3) is 409. The largest absolute Gasteiger partial charge is 2.00 e. The molecule has 0 bridgehead atoms. The molecule has 0 amide bonds. The number of phosphoric acid groups is 2. The summed E-state index contributed by atoms with van der Waals surface area (Å²) in [6.07, 6.45) is 0. The molecular formula is H9Al3Cu3O8P2. The van der Waals surface area contributed by atoms with Gasteiger partial charge in [-0.2, -0.15) is 15.6 Å². The van der Waals surface area contributed by atoms with Crippen LogP contribution in [0, 0.1) is 0 Å². The Bertz CT molecular complexity index is 141. The molecule has 0 aliphatic heterocycles. The molecule has 0 N–H and O–H groups in total. The zero-order valence-electron chi connectivity index (χ0n) is 5.06. The summed E-state index contributed by atoms with van der Waals surface area (Å²) >= 11 is 0. The average Bonchev–Trinajstić information content (AvgIpc) is 1.12. The minimum atomic E-state index is -5.39. The van der Waals surface area contributed by atoms with Gasteiger partial charge >= 0.3 is 51.2 Å². The molecule has 3 radical (unpaired) electrons. The van der Waals surface area contributed by atoms with Gasteiger partial charge in [0.05, 0.1) is 0 Å². The standard InChI is InChI=1S/3Al.3Cu.2H3O4P.9H/c;;;;;;2*1-5(2,3)4;;;;;;;;;/h;;;;;;2*(H3,1,2,3,4);;;;;;;;;/q;;;3*+2;;;;;;;;;;;/p-6. The van der Waals surface area contributed by atoms with E-state index in [1.807, 2.05) is 0 Å². The fourth-order valence-electron chi connectivity index (χ4n) is 0. The summed E-state index contributed by atoms with van der Waals surface area (Å²) in [6, 6.07) is 0. The Hall–Kier alpha value is 3.38. The van der Waals surface area contributed by atoms with Crippen LogP contribution in [0.25, 0.3) is 0 Å². The summed E-state index contributed by atoms with van der Waals surface area (Å²) in [7, 11) is -10.8. The van der Waals surface area contributed by atoms with E-state index in [2.05, 4.69) is 0 Å². The van der Waals surface area contributed by atoms with Gasteiger partial charge in [0, 0.05) is 0 Å². The molecule has 0 aromatic carbocycles. The Morgan fingerprint density at radius 3 is 0.500 bits per heavy atom. The summed E-state index contributed by atoms with van der Waals surface area (Å²) in [5.41, 5.74) is 0. The number of hydrogen-bond donors (Lipinski definition) is 0. The van der Waals surface area contributed by atoms with Crippen molar-refractivity contribution < 1.29 is 89.7 Å². The molecule has 16 heteroatoms. The van der Waals surface area contributed by atoms with Crippen molar-refractivity contribution in [1.29, 1.82) is 0 Å². The molecule has 0 saturated carbocycles. The van der Waals surface area contributed by atoms with E-state index in [4.69, 9.17) is 38.5 Å². The smallest absolute Gasteiger partial charge is 0.822 e. The summed E-state index contributed by atoms with van der Waals surface area (Å²) < 4.78 is 17.1. The van der Waals surface area contributed by atoms with E-state index in [1.165, 1.54) is 0 Å². The molecule has 0 aliphatic rings. The minimum Gasteiger partial charge on any atom is -0.822 e. The molecule has 109 valence electrons. The molecule has 0 heterocycles. The van der Waals surface area contributed by atoms with Gasteiger partial charge < -0.3 is 38.5 Å². The second-order valence-electron chi connectivity index (χ2n) is 0.894. The first kappa shape index (κ1) is 50.6. The average molecular weight is 471 g/mol. The van der Waals surface area contributed by atoms with Crippen molar-refractivity contribution >= 4 is 67.7 Å². The van der Waals surface area contributed by atoms with Gasteiger partial charge in [0.1, 0.15) is 0 Å². The maximum absolute atomic E-state index is 8.55. The maximum atomic E-state index is 8.55. The third-order valence-corrected chi connectivity index (χ3v) is 0. The van der Waals surface area contributed by atoms with E-state index < -0.39 is 15.6 Å². The first-order chi connectivity index (χ1) is 4.00. The fourth-order valence-corrected chi connectivity index (χ4v) is 0. The van der Waals surface area contributed by atoms with Crippen LogP contribution in [0.15, 0.2) is 0 Å². The van der Waals surface area contributed by atoms with E-state index in [-0.39, 0.29) is 103 Å². The van der Waals surface area contributed by atoms with Crippen LogP contribution in [-0.4, -0.2) is 52.1 Å². The summed E-state index contributed by atoms with van der Waals surface area (Å²) in [5, 5.41) is 0. The monoisotopic (exact) mass is 469 g/mol. The summed E-state index contributed by atoms with van der Waals surface area (Å²) in [4.78, 5) is 51.3. The first-order valence-corrected chi connectivity index (χ1v) is 4.38. The van der Waals surface area contributed by atoms with Crippen LogP contribution < -0.4 is 29.4 Å². The fraction of sp³-hybridized carbons (Fsp3) is 0. The minimum absolute atomic E-state index is 0. The molecule has 16 heavy (non-hydrogen) atoms. The van der Waals surface area contributed by atoms with Crippen LogP contribution >= 0.6 is 15.6 Å².